The van der Waals surface area contributed by atoms with Gasteiger partial charge in [0, 0.05) is 12.6 Å². The number of benzene rings is 1. The van der Waals surface area contributed by atoms with Gasteiger partial charge in [-0.2, -0.15) is 0 Å². The molecule has 2 saturated heterocycles. The van der Waals surface area contributed by atoms with Gasteiger partial charge in [0.25, 0.3) is 0 Å². The van der Waals surface area contributed by atoms with E-state index in [2.05, 4.69) is 11.8 Å². The van der Waals surface area contributed by atoms with Crippen molar-refractivity contribution in [2.45, 2.75) is 71.1 Å². The van der Waals surface area contributed by atoms with E-state index < -0.39 is 18.3 Å². The van der Waals surface area contributed by atoms with E-state index in [0.29, 0.717) is 11.7 Å². The third-order valence-electron chi connectivity index (χ3n) is 5.61. The van der Waals surface area contributed by atoms with E-state index in [1.165, 1.54) is 6.42 Å². The molecule has 2 aliphatic rings. The maximum atomic E-state index is 14.7. The zero-order chi connectivity index (χ0) is 16.8. The van der Waals surface area contributed by atoms with E-state index in [0.717, 1.165) is 24.8 Å². The SMILES string of the molecule is CC1CCCCN1c1ccc(B2OC(C)(C)C(C)(C)O2)cc1F. The molecule has 0 bridgehead atoms. The van der Waals surface area contributed by atoms with Crippen LogP contribution in [0.5, 0.6) is 0 Å². The highest BCUT2D eigenvalue weighted by Crippen LogP contribution is 2.36. The molecular weight excluding hydrogens is 292 g/mol. The number of nitrogens with zero attached hydrogens (tertiary/aromatic N) is 1. The molecule has 1 aromatic rings. The highest BCUT2D eigenvalue weighted by Gasteiger charge is 2.51. The number of piperidine rings is 1. The molecule has 0 aliphatic carbocycles. The van der Waals surface area contributed by atoms with Crippen LogP contribution in [0.2, 0.25) is 0 Å². The summed E-state index contributed by atoms with van der Waals surface area (Å²) in [6.07, 6.45) is 3.48. The quantitative estimate of drug-likeness (QED) is 0.779. The normalized spacial score (nSPS) is 26.6. The zero-order valence-corrected chi connectivity index (χ0v) is 14.9. The van der Waals surface area contributed by atoms with Gasteiger partial charge in [-0.05, 0) is 71.5 Å². The summed E-state index contributed by atoms with van der Waals surface area (Å²) in [7, 11) is -0.512. The van der Waals surface area contributed by atoms with E-state index in [9.17, 15) is 4.39 Å². The van der Waals surface area contributed by atoms with Crippen LogP contribution in [0, 0.1) is 5.82 Å². The summed E-state index contributed by atoms with van der Waals surface area (Å²) < 4.78 is 26.7. The Balaban J connectivity index is 1.83. The topological polar surface area (TPSA) is 21.7 Å². The molecule has 0 radical (unpaired) electrons. The van der Waals surface area contributed by atoms with Gasteiger partial charge in [-0.15, -0.1) is 0 Å². The zero-order valence-electron chi connectivity index (χ0n) is 14.9. The molecule has 5 heteroatoms. The molecule has 0 saturated carbocycles. The predicted molar refractivity (Wildman–Crippen MR) is 92.8 cm³/mol. The number of rotatable bonds is 2. The van der Waals surface area contributed by atoms with Crippen LogP contribution in [0.4, 0.5) is 10.1 Å². The second-order valence-corrected chi connectivity index (χ2v) is 7.84. The molecule has 0 aromatic heterocycles. The van der Waals surface area contributed by atoms with Crippen LogP contribution in [-0.4, -0.2) is 30.9 Å². The Bertz CT molecular complexity index is 574. The van der Waals surface area contributed by atoms with Gasteiger partial charge in [-0.3, -0.25) is 0 Å². The van der Waals surface area contributed by atoms with Crippen LogP contribution in [0.1, 0.15) is 53.9 Å². The molecule has 1 atom stereocenters. The molecule has 2 aliphatic heterocycles. The summed E-state index contributed by atoms with van der Waals surface area (Å²) in [5, 5.41) is 0. The van der Waals surface area contributed by atoms with Gasteiger partial charge in [0.15, 0.2) is 0 Å². The lowest BCUT2D eigenvalue weighted by Gasteiger charge is -2.35. The van der Waals surface area contributed by atoms with Crippen LogP contribution in [0.25, 0.3) is 0 Å². The Kier molecular flexibility index (Phi) is 4.22. The molecule has 0 spiro atoms. The van der Waals surface area contributed by atoms with Crippen LogP contribution < -0.4 is 10.4 Å². The predicted octanol–water partition coefficient (Wildman–Crippen LogP) is 3.50. The van der Waals surface area contributed by atoms with Crippen LogP contribution in [0.15, 0.2) is 18.2 Å². The summed E-state index contributed by atoms with van der Waals surface area (Å²) >= 11 is 0. The van der Waals surface area contributed by atoms with Gasteiger partial charge >= 0.3 is 7.12 Å². The second kappa shape index (κ2) is 5.78. The molecule has 23 heavy (non-hydrogen) atoms. The minimum atomic E-state index is -0.512. The minimum absolute atomic E-state index is 0.189. The van der Waals surface area contributed by atoms with Crippen molar-refractivity contribution in [1.82, 2.24) is 0 Å². The molecule has 1 aromatic carbocycles. The third kappa shape index (κ3) is 3.01. The van der Waals surface area contributed by atoms with Crippen molar-refractivity contribution in [3.63, 3.8) is 0 Å². The van der Waals surface area contributed by atoms with Gasteiger partial charge in [-0.25, -0.2) is 4.39 Å². The highest BCUT2D eigenvalue weighted by molar-refractivity contribution is 6.62. The fourth-order valence-corrected chi connectivity index (χ4v) is 3.34. The fraction of sp³-hybridized carbons (Fsp3) is 0.667. The van der Waals surface area contributed by atoms with Gasteiger partial charge in [0.1, 0.15) is 5.82 Å². The monoisotopic (exact) mass is 319 g/mol. The molecule has 0 N–H and O–H groups in total. The largest absolute Gasteiger partial charge is 0.494 e. The van der Waals surface area contributed by atoms with E-state index in [4.69, 9.17) is 9.31 Å². The minimum Gasteiger partial charge on any atom is -0.399 e. The van der Waals surface area contributed by atoms with Gasteiger partial charge in [-0.1, -0.05) is 6.07 Å². The first-order valence-corrected chi connectivity index (χ1v) is 8.63. The van der Waals surface area contributed by atoms with Gasteiger partial charge in [0.2, 0.25) is 0 Å². The molecule has 2 heterocycles. The van der Waals surface area contributed by atoms with Crippen LogP contribution in [0.3, 0.4) is 0 Å². The van der Waals surface area contributed by atoms with Crippen molar-refractivity contribution in [1.29, 1.82) is 0 Å². The average molecular weight is 319 g/mol. The maximum absolute atomic E-state index is 14.7. The average Bonchev–Trinajstić information content (AvgIpc) is 2.68. The second-order valence-electron chi connectivity index (χ2n) is 7.84. The van der Waals surface area contributed by atoms with Crippen molar-refractivity contribution in [2.24, 2.45) is 0 Å². The number of hydrogen-bond donors (Lipinski definition) is 0. The molecule has 3 nitrogen and oxygen atoms in total. The Morgan fingerprint density at radius 1 is 1.13 bits per heavy atom. The highest BCUT2D eigenvalue weighted by atomic mass is 19.1. The number of hydrogen-bond acceptors (Lipinski definition) is 3. The summed E-state index contributed by atoms with van der Waals surface area (Å²) in [6, 6.07) is 5.76. The van der Waals surface area contributed by atoms with Crippen molar-refractivity contribution in [2.75, 3.05) is 11.4 Å². The first-order valence-electron chi connectivity index (χ1n) is 8.63. The summed E-state index contributed by atoms with van der Waals surface area (Å²) in [4.78, 5) is 2.17. The van der Waals surface area contributed by atoms with E-state index in [-0.39, 0.29) is 5.82 Å². The lowest BCUT2D eigenvalue weighted by Crippen LogP contribution is -2.41. The molecule has 3 rings (SSSR count). The van der Waals surface area contributed by atoms with Crippen LogP contribution >= 0.6 is 0 Å². The Morgan fingerprint density at radius 3 is 2.35 bits per heavy atom. The van der Waals surface area contributed by atoms with Crippen molar-refractivity contribution in [3.8, 4) is 0 Å². The third-order valence-corrected chi connectivity index (χ3v) is 5.61. The molecule has 1 unspecified atom stereocenters. The molecule has 0 amide bonds. The van der Waals surface area contributed by atoms with Crippen molar-refractivity contribution < 1.29 is 13.7 Å². The van der Waals surface area contributed by atoms with E-state index >= 15 is 0 Å². The van der Waals surface area contributed by atoms with E-state index in [1.54, 1.807) is 6.07 Å². The summed E-state index contributed by atoms with van der Waals surface area (Å²) in [5.74, 6) is -0.189. The standard InChI is InChI=1S/C18H27BFNO2/c1-13-8-6-7-11-21(13)16-10-9-14(12-15(16)20)19-22-17(2,3)18(4,5)23-19/h9-10,12-13H,6-8,11H2,1-5H3. The lowest BCUT2D eigenvalue weighted by atomic mass is 9.79. The summed E-state index contributed by atoms with van der Waals surface area (Å²) in [6.45, 7) is 11.1. The number of halogens is 1. The van der Waals surface area contributed by atoms with Crippen molar-refractivity contribution >= 4 is 18.3 Å². The fourth-order valence-electron chi connectivity index (χ4n) is 3.34. The Morgan fingerprint density at radius 2 is 1.78 bits per heavy atom. The van der Waals surface area contributed by atoms with Crippen LogP contribution in [-0.2, 0) is 9.31 Å². The smallest absolute Gasteiger partial charge is 0.399 e. The van der Waals surface area contributed by atoms with Gasteiger partial charge in [0.05, 0.1) is 16.9 Å². The Labute approximate surface area is 139 Å². The first-order chi connectivity index (χ1) is 10.7. The molecule has 126 valence electrons. The summed E-state index contributed by atoms with van der Waals surface area (Å²) in [5.41, 5.74) is 0.620. The van der Waals surface area contributed by atoms with Gasteiger partial charge < -0.3 is 14.2 Å². The Hall–Kier alpha value is -1.07. The number of anilines is 1. The van der Waals surface area contributed by atoms with E-state index in [1.807, 2.05) is 39.8 Å². The van der Waals surface area contributed by atoms with Crippen molar-refractivity contribution in [3.05, 3.63) is 24.0 Å². The molecule has 2 fully saturated rings. The lowest BCUT2D eigenvalue weighted by molar-refractivity contribution is 0.00578. The molecular formula is C18H27BFNO2. The first kappa shape index (κ1) is 16.8. The maximum Gasteiger partial charge on any atom is 0.494 e.